The van der Waals surface area contributed by atoms with Gasteiger partial charge >= 0.3 is 5.97 Å². The number of amides is 1. The SMILES string of the molecule is CCOC(=O)CCN(CC1CCCN1CC)C(=O)c1c[nH]c2ccc([N+](=O)[O-])cc12. The number of hydrogen-bond donors (Lipinski definition) is 1. The molecule has 9 nitrogen and oxygen atoms in total. The van der Waals surface area contributed by atoms with Crippen molar-refractivity contribution >= 4 is 28.5 Å². The van der Waals surface area contributed by atoms with Crippen LogP contribution in [0.15, 0.2) is 24.4 Å². The number of likely N-dealkylation sites (N-methyl/N-ethyl adjacent to an activating group) is 1. The van der Waals surface area contributed by atoms with Gasteiger partial charge in [0.05, 0.1) is 23.5 Å². The minimum Gasteiger partial charge on any atom is -0.466 e. The predicted octanol–water partition coefficient (Wildman–Crippen LogP) is 2.96. The molecule has 30 heavy (non-hydrogen) atoms. The number of aromatic nitrogens is 1. The monoisotopic (exact) mass is 416 g/mol. The molecule has 1 saturated heterocycles. The molecule has 0 spiro atoms. The molecule has 1 aromatic heterocycles. The molecule has 1 aliphatic heterocycles. The molecule has 2 heterocycles. The second kappa shape index (κ2) is 9.71. The van der Waals surface area contributed by atoms with Crippen LogP contribution in [0.1, 0.15) is 43.5 Å². The lowest BCUT2D eigenvalue weighted by molar-refractivity contribution is -0.384. The molecule has 1 fully saturated rings. The molecule has 0 saturated carbocycles. The molecule has 1 aliphatic rings. The summed E-state index contributed by atoms with van der Waals surface area (Å²) in [6, 6.07) is 4.66. The minimum absolute atomic E-state index is 0.0674. The number of benzene rings is 1. The highest BCUT2D eigenvalue weighted by Gasteiger charge is 2.29. The first-order valence-corrected chi connectivity index (χ1v) is 10.4. The first-order chi connectivity index (χ1) is 14.4. The Kier molecular flexibility index (Phi) is 7.04. The van der Waals surface area contributed by atoms with Gasteiger partial charge in [-0.2, -0.15) is 0 Å². The van der Waals surface area contributed by atoms with Gasteiger partial charge in [-0.15, -0.1) is 0 Å². The number of non-ortho nitro benzene ring substituents is 1. The molecule has 1 N–H and O–H groups in total. The van der Waals surface area contributed by atoms with Gasteiger partial charge in [0.15, 0.2) is 0 Å². The van der Waals surface area contributed by atoms with E-state index in [1.165, 1.54) is 12.1 Å². The van der Waals surface area contributed by atoms with Crippen molar-refractivity contribution in [2.24, 2.45) is 0 Å². The molecule has 2 aromatic rings. The summed E-state index contributed by atoms with van der Waals surface area (Å²) in [5.74, 6) is -0.586. The number of nitrogens with one attached hydrogen (secondary N) is 1. The van der Waals surface area contributed by atoms with Crippen LogP contribution in [-0.4, -0.2) is 70.4 Å². The number of ether oxygens (including phenoxy) is 1. The van der Waals surface area contributed by atoms with Crippen LogP contribution in [0.3, 0.4) is 0 Å². The second-order valence-electron chi connectivity index (χ2n) is 7.42. The van der Waals surface area contributed by atoms with Crippen LogP contribution in [0.5, 0.6) is 0 Å². The molecule has 1 aromatic carbocycles. The van der Waals surface area contributed by atoms with Crippen LogP contribution in [0.25, 0.3) is 10.9 Å². The van der Waals surface area contributed by atoms with E-state index in [1.54, 1.807) is 24.1 Å². The van der Waals surface area contributed by atoms with Crippen LogP contribution in [0, 0.1) is 10.1 Å². The summed E-state index contributed by atoms with van der Waals surface area (Å²) < 4.78 is 5.02. The number of nitro benzene ring substituents is 1. The van der Waals surface area contributed by atoms with Gasteiger partial charge in [-0.05, 0) is 38.9 Å². The standard InChI is InChI=1S/C21H28N4O5/c1-3-23-10-5-6-16(23)14-24(11-9-20(26)30-4-2)21(27)18-13-22-19-8-7-15(25(28)29)12-17(18)19/h7-8,12-13,16,22H,3-6,9-11,14H2,1-2H3. The average Bonchev–Trinajstić information content (AvgIpc) is 3.36. The number of esters is 1. The Morgan fingerprint density at radius 3 is 2.87 bits per heavy atom. The maximum absolute atomic E-state index is 13.4. The maximum Gasteiger partial charge on any atom is 0.307 e. The largest absolute Gasteiger partial charge is 0.466 e. The summed E-state index contributed by atoms with van der Waals surface area (Å²) in [5, 5.41) is 11.7. The molecule has 3 rings (SSSR count). The van der Waals surface area contributed by atoms with Crippen LogP contribution in [0.4, 0.5) is 5.69 Å². The topological polar surface area (TPSA) is 109 Å². The third-order valence-electron chi connectivity index (χ3n) is 5.62. The molecule has 162 valence electrons. The van der Waals surface area contributed by atoms with E-state index in [2.05, 4.69) is 16.8 Å². The van der Waals surface area contributed by atoms with E-state index in [4.69, 9.17) is 4.74 Å². The molecule has 0 aliphatic carbocycles. The third-order valence-corrected chi connectivity index (χ3v) is 5.62. The number of aromatic amines is 1. The number of carbonyl (C=O) groups excluding carboxylic acids is 2. The number of H-pyrrole nitrogens is 1. The molecule has 1 amide bonds. The van der Waals surface area contributed by atoms with Crippen molar-refractivity contribution in [1.29, 1.82) is 0 Å². The lowest BCUT2D eigenvalue weighted by atomic mass is 10.1. The van der Waals surface area contributed by atoms with E-state index in [1.807, 2.05) is 0 Å². The zero-order valence-electron chi connectivity index (χ0n) is 17.4. The average molecular weight is 416 g/mol. The van der Waals surface area contributed by atoms with Crippen molar-refractivity contribution in [3.8, 4) is 0 Å². The molecule has 0 bridgehead atoms. The Labute approximate surface area is 175 Å². The lowest BCUT2D eigenvalue weighted by Crippen LogP contribution is -2.43. The maximum atomic E-state index is 13.4. The summed E-state index contributed by atoms with van der Waals surface area (Å²) in [7, 11) is 0. The van der Waals surface area contributed by atoms with Gasteiger partial charge in [-0.25, -0.2) is 0 Å². The van der Waals surface area contributed by atoms with Gasteiger partial charge in [0.25, 0.3) is 11.6 Å². The Morgan fingerprint density at radius 2 is 2.17 bits per heavy atom. The van der Waals surface area contributed by atoms with E-state index >= 15 is 0 Å². The number of carbonyl (C=O) groups is 2. The van der Waals surface area contributed by atoms with E-state index < -0.39 is 4.92 Å². The summed E-state index contributed by atoms with van der Waals surface area (Å²) >= 11 is 0. The zero-order chi connectivity index (χ0) is 21.7. The van der Waals surface area contributed by atoms with Crippen LogP contribution in [-0.2, 0) is 9.53 Å². The number of fused-ring (bicyclic) bond motifs is 1. The molecule has 1 atom stereocenters. The van der Waals surface area contributed by atoms with E-state index in [-0.39, 0.29) is 36.6 Å². The van der Waals surface area contributed by atoms with Gasteiger partial charge in [0.1, 0.15) is 0 Å². The highest BCUT2D eigenvalue weighted by atomic mass is 16.6. The van der Waals surface area contributed by atoms with Gasteiger partial charge in [0.2, 0.25) is 0 Å². The van der Waals surface area contributed by atoms with Gasteiger partial charge < -0.3 is 14.6 Å². The molecule has 9 heteroatoms. The van der Waals surface area contributed by atoms with Gasteiger partial charge in [-0.3, -0.25) is 24.6 Å². The fraction of sp³-hybridized carbons (Fsp3) is 0.524. The molecule has 1 unspecified atom stereocenters. The summed E-state index contributed by atoms with van der Waals surface area (Å²) in [6.07, 6.45) is 3.77. The highest BCUT2D eigenvalue weighted by molar-refractivity contribution is 6.07. The highest BCUT2D eigenvalue weighted by Crippen LogP contribution is 2.26. The minimum atomic E-state index is -0.475. The number of hydrogen-bond acceptors (Lipinski definition) is 6. The van der Waals surface area contributed by atoms with Gasteiger partial charge in [-0.1, -0.05) is 6.92 Å². The molecule has 0 radical (unpaired) electrons. The van der Waals surface area contributed by atoms with Crippen molar-refractivity contribution in [1.82, 2.24) is 14.8 Å². The van der Waals surface area contributed by atoms with Gasteiger partial charge in [0, 0.05) is 48.4 Å². The third kappa shape index (κ3) is 4.79. The Balaban J connectivity index is 1.86. The first kappa shape index (κ1) is 21.8. The van der Waals surface area contributed by atoms with Crippen molar-refractivity contribution in [2.75, 3.05) is 32.8 Å². The van der Waals surface area contributed by atoms with E-state index in [9.17, 15) is 19.7 Å². The first-order valence-electron chi connectivity index (χ1n) is 10.4. The molecular weight excluding hydrogens is 388 g/mol. The Morgan fingerprint density at radius 1 is 1.37 bits per heavy atom. The Hall–Kier alpha value is -2.94. The Bertz CT molecular complexity index is 925. The fourth-order valence-electron chi connectivity index (χ4n) is 4.08. The smallest absolute Gasteiger partial charge is 0.307 e. The summed E-state index contributed by atoms with van der Waals surface area (Å²) in [5.41, 5.74) is 0.964. The second-order valence-corrected chi connectivity index (χ2v) is 7.42. The normalized spacial score (nSPS) is 16.7. The van der Waals surface area contributed by atoms with Crippen LogP contribution < -0.4 is 0 Å². The number of nitro groups is 1. The van der Waals surface area contributed by atoms with E-state index in [0.29, 0.717) is 29.6 Å². The summed E-state index contributed by atoms with van der Waals surface area (Å²) in [4.78, 5) is 43.0. The summed E-state index contributed by atoms with van der Waals surface area (Å²) in [6.45, 7) is 6.80. The lowest BCUT2D eigenvalue weighted by Gasteiger charge is -2.30. The molecular formula is C21H28N4O5. The van der Waals surface area contributed by atoms with Crippen molar-refractivity contribution < 1.29 is 19.2 Å². The quantitative estimate of drug-likeness (QED) is 0.382. The zero-order valence-corrected chi connectivity index (χ0v) is 17.4. The number of nitrogens with zero attached hydrogens (tertiary/aromatic N) is 3. The van der Waals surface area contributed by atoms with Crippen molar-refractivity contribution in [3.05, 3.63) is 40.1 Å². The van der Waals surface area contributed by atoms with Crippen molar-refractivity contribution in [3.63, 3.8) is 0 Å². The predicted molar refractivity (Wildman–Crippen MR) is 112 cm³/mol. The fourth-order valence-corrected chi connectivity index (χ4v) is 4.08. The number of rotatable bonds is 9. The number of likely N-dealkylation sites (tertiary alicyclic amines) is 1. The van der Waals surface area contributed by atoms with Crippen molar-refractivity contribution in [2.45, 2.75) is 39.2 Å². The van der Waals surface area contributed by atoms with Crippen LogP contribution in [0.2, 0.25) is 0 Å². The van der Waals surface area contributed by atoms with Crippen LogP contribution >= 0.6 is 0 Å². The van der Waals surface area contributed by atoms with E-state index in [0.717, 1.165) is 25.9 Å².